The molecule has 8 heteroatoms. The number of ether oxygens (including phenoxy) is 1. The molecule has 3 aliphatic heterocycles. The Kier molecular flexibility index (Phi) is 7.93. The zero-order valence-corrected chi connectivity index (χ0v) is 23.8. The number of esters is 1. The van der Waals surface area contributed by atoms with E-state index in [0.29, 0.717) is 12.8 Å². The van der Waals surface area contributed by atoms with Crippen molar-refractivity contribution in [3.05, 3.63) is 90.5 Å². The highest BCUT2D eigenvalue weighted by Crippen LogP contribution is 2.67. The van der Waals surface area contributed by atoms with Crippen molar-refractivity contribution in [1.29, 1.82) is 0 Å². The number of amides is 2. The van der Waals surface area contributed by atoms with Crippen LogP contribution in [0.5, 0.6) is 0 Å². The lowest BCUT2D eigenvalue weighted by molar-refractivity contribution is -0.153. The number of rotatable bonds is 10. The highest BCUT2D eigenvalue weighted by atomic mass is 32.2. The molecular weight excluding hydrogens is 524 g/mol. The Bertz CT molecular complexity index is 1330. The first-order valence-electron chi connectivity index (χ1n) is 13.7. The molecule has 2 unspecified atom stereocenters. The van der Waals surface area contributed by atoms with E-state index in [1.807, 2.05) is 62.4 Å². The van der Waals surface area contributed by atoms with Crippen molar-refractivity contribution in [2.45, 2.75) is 48.8 Å². The molecule has 1 spiro atoms. The lowest BCUT2D eigenvalue weighted by atomic mass is 9.71. The zero-order chi connectivity index (χ0) is 28.6. The van der Waals surface area contributed by atoms with Gasteiger partial charge in [0.1, 0.15) is 12.6 Å². The average molecular weight is 561 g/mol. The van der Waals surface area contributed by atoms with Gasteiger partial charge < -0.3 is 19.6 Å². The predicted octanol–water partition coefficient (Wildman–Crippen LogP) is 4.38. The van der Waals surface area contributed by atoms with Crippen LogP contribution in [0, 0.1) is 25.7 Å². The van der Waals surface area contributed by atoms with Crippen LogP contribution in [0.2, 0.25) is 0 Å². The molecular formula is C32H36N2O5S. The number of hydrogen-bond donors (Lipinski definition) is 1. The second kappa shape index (κ2) is 11.3. The van der Waals surface area contributed by atoms with Gasteiger partial charge in [0.25, 0.3) is 5.91 Å². The van der Waals surface area contributed by atoms with Crippen molar-refractivity contribution in [1.82, 2.24) is 4.90 Å². The fourth-order valence-corrected chi connectivity index (χ4v) is 9.02. The van der Waals surface area contributed by atoms with Crippen molar-refractivity contribution in [3.63, 3.8) is 0 Å². The van der Waals surface area contributed by atoms with Gasteiger partial charge in [-0.3, -0.25) is 14.4 Å². The fraction of sp³-hybridized carbons (Fsp3) is 0.406. The Balaban J connectivity index is 1.65. The first kappa shape index (κ1) is 28.2. The fourth-order valence-electron chi connectivity index (χ4n) is 6.83. The Labute approximate surface area is 239 Å². The van der Waals surface area contributed by atoms with Gasteiger partial charge in [-0.25, -0.2) is 0 Å². The normalized spacial score (nSPS) is 27.3. The van der Waals surface area contributed by atoms with Gasteiger partial charge in [0.05, 0.1) is 29.2 Å². The Morgan fingerprint density at radius 2 is 1.95 bits per heavy atom. The van der Waals surface area contributed by atoms with Crippen LogP contribution < -0.4 is 4.90 Å². The minimum absolute atomic E-state index is 0.0652. The molecule has 7 nitrogen and oxygen atoms in total. The van der Waals surface area contributed by atoms with E-state index in [9.17, 15) is 19.5 Å². The van der Waals surface area contributed by atoms with E-state index in [1.54, 1.807) is 27.6 Å². The van der Waals surface area contributed by atoms with E-state index in [0.717, 1.165) is 22.4 Å². The SMILES string of the molecule is C=CCOC(=O)[C@@H]1[C@@H]2CCC3(S2)C(C(=O)N(CC=C)c2cc(C)ccc2C)N([C@H](CO)c2ccccc2)C(=O)[C@H]13. The molecule has 0 aromatic heterocycles. The van der Waals surface area contributed by atoms with Crippen LogP contribution in [-0.2, 0) is 19.1 Å². The van der Waals surface area contributed by atoms with Crippen LogP contribution in [-0.4, -0.2) is 63.6 Å². The lowest BCUT2D eigenvalue weighted by Gasteiger charge is -2.40. The van der Waals surface area contributed by atoms with Gasteiger partial charge in [-0.15, -0.1) is 18.3 Å². The van der Waals surface area contributed by atoms with E-state index in [2.05, 4.69) is 13.2 Å². The van der Waals surface area contributed by atoms with Gasteiger partial charge in [-0.05, 0) is 49.4 Å². The third-order valence-electron chi connectivity index (χ3n) is 8.51. The second-order valence-electron chi connectivity index (χ2n) is 10.9. The molecule has 2 amide bonds. The summed E-state index contributed by atoms with van der Waals surface area (Å²) in [6, 6.07) is 13.6. The number of carbonyl (C=O) groups is 3. The van der Waals surface area contributed by atoms with Gasteiger partial charge in [0.15, 0.2) is 0 Å². The van der Waals surface area contributed by atoms with Crippen LogP contribution in [0.25, 0.3) is 0 Å². The highest BCUT2D eigenvalue weighted by molar-refractivity contribution is 8.02. The quantitative estimate of drug-likeness (QED) is 0.343. The molecule has 1 N–H and O–H groups in total. The summed E-state index contributed by atoms with van der Waals surface area (Å²) in [5.41, 5.74) is 3.44. The molecule has 0 radical (unpaired) electrons. The van der Waals surface area contributed by atoms with E-state index in [1.165, 1.54) is 6.08 Å². The maximum absolute atomic E-state index is 14.8. The smallest absolute Gasteiger partial charge is 0.311 e. The van der Waals surface area contributed by atoms with E-state index >= 15 is 0 Å². The number of carbonyl (C=O) groups excluding carboxylic acids is 3. The number of aryl methyl sites for hydroxylation is 2. The summed E-state index contributed by atoms with van der Waals surface area (Å²) >= 11 is 1.58. The van der Waals surface area contributed by atoms with Crippen LogP contribution in [0.1, 0.15) is 35.6 Å². The average Bonchev–Trinajstić information content (AvgIpc) is 3.60. The Morgan fingerprint density at radius 3 is 2.62 bits per heavy atom. The van der Waals surface area contributed by atoms with Gasteiger partial charge in [-0.2, -0.15) is 0 Å². The first-order valence-corrected chi connectivity index (χ1v) is 14.6. The largest absolute Gasteiger partial charge is 0.461 e. The number of nitrogens with zero attached hydrogens (tertiary/aromatic N) is 2. The van der Waals surface area contributed by atoms with Crippen molar-refractivity contribution in [3.8, 4) is 0 Å². The van der Waals surface area contributed by atoms with Gasteiger partial charge in [-0.1, -0.05) is 61.2 Å². The standard InChI is InChI=1S/C32H36N2O5S/c1-5-16-33(23-18-20(3)12-13-21(23)4)30(37)28-32-15-14-25(40-32)26(31(38)39-17-6-2)27(32)29(36)34(28)24(19-35)22-10-8-7-9-11-22/h5-13,18,24-28,35H,1-2,14-17,19H2,3-4H3/t24-,25+,26-,27+,28?,32?/m1/s1. The molecule has 3 heterocycles. The van der Waals surface area contributed by atoms with Crippen LogP contribution in [0.15, 0.2) is 73.8 Å². The Morgan fingerprint density at radius 1 is 1.20 bits per heavy atom. The third-order valence-corrected chi connectivity index (χ3v) is 10.5. The number of fused-ring (bicyclic) bond motifs is 1. The van der Waals surface area contributed by atoms with E-state index in [-0.39, 0.29) is 36.8 Å². The molecule has 3 fully saturated rings. The summed E-state index contributed by atoms with van der Waals surface area (Å²) < 4.78 is 4.66. The van der Waals surface area contributed by atoms with Crippen molar-refractivity contribution >= 4 is 35.2 Å². The summed E-state index contributed by atoms with van der Waals surface area (Å²) in [5, 5.41) is 10.6. The molecule has 6 atom stereocenters. The maximum atomic E-state index is 14.8. The molecule has 2 bridgehead atoms. The molecule has 0 saturated carbocycles. The summed E-state index contributed by atoms with van der Waals surface area (Å²) in [4.78, 5) is 45.9. The predicted molar refractivity (Wildman–Crippen MR) is 157 cm³/mol. The first-order chi connectivity index (χ1) is 19.3. The number of anilines is 1. The van der Waals surface area contributed by atoms with Gasteiger partial charge in [0.2, 0.25) is 5.91 Å². The highest BCUT2D eigenvalue weighted by Gasteiger charge is 2.75. The zero-order valence-electron chi connectivity index (χ0n) is 23.0. The molecule has 0 aliphatic carbocycles. The number of likely N-dealkylation sites (tertiary alicyclic amines) is 1. The molecule has 3 saturated heterocycles. The van der Waals surface area contributed by atoms with Crippen molar-refractivity contribution in [2.75, 3.05) is 24.7 Å². The van der Waals surface area contributed by atoms with Gasteiger partial charge >= 0.3 is 5.97 Å². The van der Waals surface area contributed by atoms with E-state index < -0.39 is 34.6 Å². The number of hydrogen-bond acceptors (Lipinski definition) is 6. The van der Waals surface area contributed by atoms with Crippen molar-refractivity contribution in [2.24, 2.45) is 11.8 Å². The monoisotopic (exact) mass is 560 g/mol. The minimum atomic E-state index is -0.880. The Hall–Kier alpha value is -3.36. The maximum Gasteiger partial charge on any atom is 0.311 e. The topological polar surface area (TPSA) is 87.2 Å². The van der Waals surface area contributed by atoms with Crippen molar-refractivity contribution < 1.29 is 24.2 Å². The number of benzene rings is 2. The summed E-state index contributed by atoms with van der Waals surface area (Å²) in [7, 11) is 0. The summed E-state index contributed by atoms with van der Waals surface area (Å²) in [6.45, 7) is 11.5. The molecule has 2 aromatic carbocycles. The molecule has 40 heavy (non-hydrogen) atoms. The summed E-state index contributed by atoms with van der Waals surface area (Å²) in [5.74, 6) is -2.31. The minimum Gasteiger partial charge on any atom is -0.461 e. The van der Waals surface area contributed by atoms with Gasteiger partial charge in [0, 0.05) is 17.5 Å². The molecule has 210 valence electrons. The van der Waals surface area contributed by atoms with E-state index in [4.69, 9.17) is 4.74 Å². The number of aliphatic hydroxyl groups excluding tert-OH is 1. The third kappa shape index (κ3) is 4.47. The number of thioether (sulfide) groups is 1. The molecule has 5 rings (SSSR count). The number of aliphatic hydroxyl groups is 1. The summed E-state index contributed by atoms with van der Waals surface area (Å²) in [6.07, 6.45) is 4.53. The second-order valence-corrected chi connectivity index (χ2v) is 12.5. The molecule has 3 aliphatic rings. The van der Waals surface area contributed by atoms with Crippen LogP contribution in [0.4, 0.5) is 5.69 Å². The van der Waals surface area contributed by atoms with Crippen LogP contribution >= 0.6 is 11.8 Å². The molecule has 2 aromatic rings. The van der Waals surface area contributed by atoms with Crippen LogP contribution in [0.3, 0.4) is 0 Å². The lowest BCUT2D eigenvalue weighted by Crippen LogP contribution is -2.56.